The normalized spacial score (nSPS) is 30.9. The van der Waals surface area contributed by atoms with Gasteiger partial charge in [0.25, 0.3) is 5.91 Å². The van der Waals surface area contributed by atoms with E-state index in [1.807, 2.05) is 4.68 Å². The van der Waals surface area contributed by atoms with E-state index in [0.29, 0.717) is 17.5 Å². The summed E-state index contributed by atoms with van der Waals surface area (Å²) in [5.74, 6) is 0.750. The van der Waals surface area contributed by atoms with Crippen molar-refractivity contribution in [1.82, 2.24) is 15.1 Å². The van der Waals surface area contributed by atoms with E-state index in [4.69, 9.17) is 5.10 Å². The molecule has 3 aliphatic rings. The molecular formula is C26H34FN3O. The molecule has 3 aliphatic carbocycles. The molecule has 4 atom stereocenters. The molecule has 0 saturated heterocycles. The summed E-state index contributed by atoms with van der Waals surface area (Å²) in [7, 11) is 0. The van der Waals surface area contributed by atoms with Crippen LogP contribution in [0.1, 0.15) is 93.9 Å². The maximum absolute atomic E-state index is 13.6. The summed E-state index contributed by atoms with van der Waals surface area (Å²) in [4.78, 5) is 13.6. The van der Waals surface area contributed by atoms with Gasteiger partial charge in [-0.25, -0.2) is 9.07 Å². The van der Waals surface area contributed by atoms with Gasteiger partial charge in [0.05, 0.1) is 11.4 Å². The molecule has 0 spiro atoms. The Kier molecular flexibility index (Phi) is 4.80. The van der Waals surface area contributed by atoms with Gasteiger partial charge in [-0.2, -0.15) is 5.10 Å². The van der Waals surface area contributed by atoms with E-state index in [9.17, 15) is 9.18 Å². The molecule has 2 fully saturated rings. The first-order chi connectivity index (χ1) is 14.7. The third-order valence-electron chi connectivity index (χ3n) is 8.71. The van der Waals surface area contributed by atoms with E-state index in [1.54, 1.807) is 12.1 Å². The number of rotatable bonds is 4. The van der Waals surface area contributed by atoms with Crippen LogP contribution in [0.15, 0.2) is 24.3 Å². The smallest absolute Gasteiger partial charge is 0.272 e. The van der Waals surface area contributed by atoms with Crippen molar-refractivity contribution in [2.45, 2.75) is 84.6 Å². The molecule has 1 aromatic carbocycles. The van der Waals surface area contributed by atoms with Gasteiger partial charge in [0.1, 0.15) is 5.82 Å². The lowest BCUT2D eigenvalue weighted by Crippen LogP contribution is -2.52. The van der Waals surface area contributed by atoms with Crippen LogP contribution in [-0.2, 0) is 6.42 Å². The number of hydrogen-bond acceptors (Lipinski definition) is 2. The molecule has 0 radical (unpaired) electrons. The molecule has 166 valence electrons. The zero-order valence-electron chi connectivity index (χ0n) is 19.2. The number of nitrogens with one attached hydrogen (secondary N) is 1. The van der Waals surface area contributed by atoms with Crippen LogP contribution in [0.5, 0.6) is 0 Å². The Balaban J connectivity index is 1.54. The number of carbonyl (C=O) groups is 1. The van der Waals surface area contributed by atoms with Crippen molar-refractivity contribution >= 4 is 5.91 Å². The van der Waals surface area contributed by atoms with Crippen molar-refractivity contribution in [3.8, 4) is 5.69 Å². The van der Waals surface area contributed by atoms with E-state index >= 15 is 0 Å². The number of fused-ring (bicyclic) bond motifs is 3. The average Bonchev–Trinajstić information content (AvgIpc) is 3.38. The molecule has 5 rings (SSSR count). The standard InChI is InChI=1S/C26H34FN3O/c1-5-16-7-6-8-20-21(29-30(22(16)20)19-11-9-18(27)10-12-19)23(31)28-24-25(2,3)17-13-14-26(24,4)15-17/h9-12,16-17,24H,5-8,13-15H2,1-4H3,(H,28,31)/t16-,17?,24?,26?/m1/s1. The quantitative estimate of drug-likeness (QED) is 0.677. The zero-order chi connectivity index (χ0) is 22.0. The van der Waals surface area contributed by atoms with E-state index < -0.39 is 0 Å². The van der Waals surface area contributed by atoms with E-state index in [2.05, 4.69) is 33.0 Å². The van der Waals surface area contributed by atoms with Crippen LogP contribution in [0.3, 0.4) is 0 Å². The Morgan fingerprint density at radius 3 is 2.61 bits per heavy atom. The van der Waals surface area contributed by atoms with Crippen LogP contribution in [0.25, 0.3) is 5.69 Å². The van der Waals surface area contributed by atoms with Crippen LogP contribution in [0.2, 0.25) is 0 Å². The van der Waals surface area contributed by atoms with Gasteiger partial charge in [-0.05, 0) is 86.0 Å². The fraction of sp³-hybridized carbons (Fsp3) is 0.615. The largest absolute Gasteiger partial charge is 0.347 e. The third kappa shape index (κ3) is 3.15. The molecule has 2 bridgehead atoms. The van der Waals surface area contributed by atoms with Gasteiger partial charge < -0.3 is 5.32 Å². The number of carbonyl (C=O) groups excluding carboxylic acids is 1. The van der Waals surface area contributed by atoms with Crippen LogP contribution in [0.4, 0.5) is 4.39 Å². The van der Waals surface area contributed by atoms with Gasteiger partial charge in [0.2, 0.25) is 0 Å². The van der Waals surface area contributed by atoms with Gasteiger partial charge in [-0.15, -0.1) is 0 Å². The van der Waals surface area contributed by atoms with Gasteiger partial charge in [-0.3, -0.25) is 4.79 Å². The van der Waals surface area contributed by atoms with Crippen LogP contribution in [-0.4, -0.2) is 21.7 Å². The minimum Gasteiger partial charge on any atom is -0.347 e. The van der Waals surface area contributed by atoms with Crippen molar-refractivity contribution in [1.29, 1.82) is 0 Å². The second-order valence-corrected chi connectivity index (χ2v) is 10.9. The molecule has 1 amide bonds. The van der Waals surface area contributed by atoms with E-state index in [0.717, 1.165) is 42.6 Å². The molecule has 2 saturated carbocycles. The Morgan fingerprint density at radius 1 is 1.23 bits per heavy atom. The summed E-state index contributed by atoms with van der Waals surface area (Å²) < 4.78 is 15.4. The molecule has 2 aromatic rings. The molecule has 1 heterocycles. The Bertz CT molecular complexity index is 1000. The Morgan fingerprint density at radius 2 is 1.97 bits per heavy atom. The van der Waals surface area contributed by atoms with Crippen LogP contribution >= 0.6 is 0 Å². The fourth-order valence-electron chi connectivity index (χ4n) is 7.01. The summed E-state index contributed by atoms with van der Waals surface area (Å²) in [5, 5.41) is 8.29. The predicted octanol–water partition coefficient (Wildman–Crippen LogP) is 5.79. The lowest BCUT2D eigenvalue weighted by Gasteiger charge is -2.43. The van der Waals surface area contributed by atoms with Crippen LogP contribution < -0.4 is 5.32 Å². The number of hydrogen-bond donors (Lipinski definition) is 1. The second kappa shape index (κ2) is 7.18. The number of aromatic nitrogens is 2. The van der Waals surface area contributed by atoms with Gasteiger partial charge in [-0.1, -0.05) is 27.7 Å². The minimum atomic E-state index is -0.262. The van der Waals surface area contributed by atoms with Crippen molar-refractivity contribution in [2.75, 3.05) is 0 Å². The first-order valence-corrected chi connectivity index (χ1v) is 11.9. The SMILES string of the molecule is CC[C@@H]1CCCc2c(C(=O)NC3C4(C)CCC(C4)C3(C)C)nn(-c3ccc(F)cc3)c21. The number of amides is 1. The highest BCUT2D eigenvalue weighted by Gasteiger charge is 2.59. The van der Waals surface area contributed by atoms with E-state index in [-0.39, 0.29) is 28.6 Å². The summed E-state index contributed by atoms with van der Waals surface area (Å²) >= 11 is 0. The summed E-state index contributed by atoms with van der Waals surface area (Å²) in [6.45, 7) is 9.16. The van der Waals surface area contributed by atoms with Crippen molar-refractivity contribution < 1.29 is 9.18 Å². The highest BCUT2D eigenvalue weighted by Crippen LogP contribution is 2.62. The number of benzene rings is 1. The summed E-state index contributed by atoms with van der Waals surface area (Å²) in [6, 6.07) is 6.61. The van der Waals surface area contributed by atoms with Gasteiger partial charge in [0.15, 0.2) is 5.69 Å². The molecule has 0 aliphatic heterocycles. The first kappa shape index (κ1) is 20.7. The lowest BCUT2D eigenvalue weighted by atomic mass is 9.68. The van der Waals surface area contributed by atoms with Crippen molar-refractivity contribution in [3.05, 3.63) is 47.0 Å². The lowest BCUT2D eigenvalue weighted by molar-refractivity contribution is 0.0732. The molecular weight excluding hydrogens is 389 g/mol. The predicted molar refractivity (Wildman–Crippen MR) is 120 cm³/mol. The summed E-state index contributed by atoms with van der Waals surface area (Å²) in [6.07, 6.45) is 7.72. The number of nitrogens with zero attached hydrogens (tertiary/aromatic N) is 2. The maximum Gasteiger partial charge on any atom is 0.272 e. The van der Waals surface area contributed by atoms with Gasteiger partial charge >= 0.3 is 0 Å². The van der Waals surface area contributed by atoms with E-state index in [1.165, 1.54) is 31.4 Å². The minimum absolute atomic E-state index is 0.0410. The van der Waals surface area contributed by atoms with Gasteiger partial charge in [0, 0.05) is 17.5 Å². The highest BCUT2D eigenvalue weighted by molar-refractivity contribution is 5.94. The Hall–Kier alpha value is -2.17. The zero-order valence-corrected chi connectivity index (χ0v) is 19.2. The molecule has 1 aromatic heterocycles. The average molecular weight is 424 g/mol. The molecule has 5 heteroatoms. The van der Waals surface area contributed by atoms with Crippen molar-refractivity contribution in [2.24, 2.45) is 16.7 Å². The maximum atomic E-state index is 13.6. The fourth-order valence-corrected chi connectivity index (χ4v) is 7.01. The molecule has 31 heavy (non-hydrogen) atoms. The number of halogens is 1. The van der Waals surface area contributed by atoms with Crippen LogP contribution in [0, 0.1) is 22.6 Å². The van der Waals surface area contributed by atoms with Crippen molar-refractivity contribution in [3.63, 3.8) is 0 Å². The molecule has 4 nitrogen and oxygen atoms in total. The molecule has 1 N–H and O–H groups in total. The third-order valence-corrected chi connectivity index (χ3v) is 8.71. The first-order valence-electron chi connectivity index (χ1n) is 11.9. The topological polar surface area (TPSA) is 46.9 Å². The highest BCUT2D eigenvalue weighted by atomic mass is 19.1. The summed E-state index contributed by atoms with van der Waals surface area (Å²) in [5.41, 5.74) is 3.91. The Labute approximate surface area is 184 Å². The molecule has 3 unspecified atom stereocenters. The second-order valence-electron chi connectivity index (χ2n) is 10.9. The monoisotopic (exact) mass is 423 g/mol.